The molecule has 2 nitrogen and oxygen atoms in total. The van der Waals surface area contributed by atoms with Gasteiger partial charge in [0.05, 0.1) is 12.1 Å². The van der Waals surface area contributed by atoms with Gasteiger partial charge in [-0.05, 0) is 37.1 Å². The maximum Gasteiger partial charge on any atom is 0.0704 e. The minimum atomic E-state index is -0.542. The summed E-state index contributed by atoms with van der Waals surface area (Å²) in [6, 6.07) is 5.15. The second-order valence-corrected chi connectivity index (χ2v) is 3.70. The van der Waals surface area contributed by atoms with Crippen LogP contribution in [0.3, 0.4) is 0 Å². The molecule has 1 aromatic rings. The van der Waals surface area contributed by atoms with Gasteiger partial charge in [-0.25, -0.2) is 0 Å². The monoisotopic (exact) mass is 235 g/mol. The molecule has 3 N–H and O–H groups in total. The molecule has 80 valence electrons. The first-order valence-corrected chi connectivity index (χ1v) is 4.60. The summed E-state index contributed by atoms with van der Waals surface area (Å²) in [4.78, 5) is 0. The van der Waals surface area contributed by atoms with E-state index < -0.39 is 6.10 Å². The van der Waals surface area contributed by atoms with E-state index in [2.05, 4.69) is 0 Å². The first kappa shape index (κ1) is 13.7. The molecule has 0 fully saturated rings. The lowest BCUT2D eigenvalue weighted by molar-refractivity contribution is 0.164. The summed E-state index contributed by atoms with van der Waals surface area (Å²) in [5, 5.41) is 10.0. The molecule has 0 spiro atoms. The number of aliphatic hydroxyl groups excluding tert-OH is 1. The van der Waals surface area contributed by atoms with Gasteiger partial charge in [-0.15, -0.1) is 12.4 Å². The van der Waals surface area contributed by atoms with Gasteiger partial charge >= 0.3 is 0 Å². The van der Waals surface area contributed by atoms with Crippen molar-refractivity contribution < 1.29 is 5.11 Å². The standard InChI is InChI=1S/C10H14ClNO.ClH/c1-6-5-8(11)3-4-9(6)10(12)7(2)13;/h3-5,7,10,13H,12H2,1-2H3;1H/t7-,10-;/m1./s1. The Morgan fingerprint density at radius 3 is 2.43 bits per heavy atom. The Labute approximate surface area is 95.5 Å². The van der Waals surface area contributed by atoms with E-state index in [9.17, 15) is 5.11 Å². The summed E-state index contributed by atoms with van der Waals surface area (Å²) in [6.45, 7) is 3.61. The van der Waals surface area contributed by atoms with E-state index >= 15 is 0 Å². The molecule has 0 bridgehead atoms. The van der Waals surface area contributed by atoms with Gasteiger partial charge in [0.15, 0.2) is 0 Å². The smallest absolute Gasteiger partial charge is 0.0704 e. The molecule has 0 aromatic heterocycles. The highest BCUT2D eigenvalue weighted by Gasteiger charge is 2.13. The minimum Gasteiger partial charge on any atom is -0.391 e. The molecule has 0 radical (unpaired) electrons. The predicted octanol–water partition coefficient (Wildman–Crippen LogP) is 2.45. The lowest BCUT2D eigenvalue weighted by Gasteiger charge is -2.17. The quantitative estimate of drug-likeness (QED) is 0.828. The molecule has 4 heteroatoms. The van der Waals surface area contributed by atoms with Crippen molar-refractivity contribution in [2.24, 2.45) is 5.73 Å². The summed E-state index contributed by atoms with van der Waals surface area (Å²) < 4.78 is 0. The van der Waals surface area contributed by atoms with E-state index in [1.807, 2.05) is 19.1 Å². The van der Waals surface area contributed by atoms with Crippen LogP contribution in [0.25, 0.3) is 0 Å². The van der Waals surface area contributed by atoms with Crippen LogP contribution in [-0.4, -0.2) is 11.2 Å². The van der Waals surface area contributed by atoms with Crippen LogP contribution in [0.4, 0.5) is 0 Å². The highest BCUT2D eigenvalue weighted by molar-refractivity contribution is 6.30. The molecule has 0 unspecified atom stereocenters. The normalized spacial score (nSPS) is 14.4. The van der Waals surface area contributed by atoms with Crippen molar-refractivity contribution in [2.75, 3.05) is 0 Å². The molecule has 0 amide bonds. The third-order valence-electron chi connectivity index (χ3n) is 2.11. The lowest BCUT2D eigenvalue weighted by Crippen LogP contribution is -2.23. The SMILES string of the molecule is Cc1cc(Cl)ccc1[C@H](N)[C@@H](C)O.Cl. The van der Waals surface area contributed by atoms with Gasteiger partial charge in [0.25, 0.3) is 0 Å². The first-order chi connectivity index (χ1) is 6.02. The topological polar surface area (TPSA) is 46.2 Å². The highest BCUT2D eigenvalue weighted by atomic mass is 35.5. The van der Waals surface area contributed by atoms with Crippen LogP contribution in [0.5, 0.6) is 0 Å². The number of benzene rings is 1. The molecule has 14 heavy (non-hydrogen) atoms. The Bertz CT molecular complexity index is 302. The Kier molecular flexibility index (Phi) is 5.45. The Balaban J connectivity index is 0.00000169. The van der Waals surface area contributed by atoms with Crippen LogP contribution in [-0.2, 0) is 0 Å². The maximum absolute atomic E-state index is 9.31. The zero-order valence-corrected chi connectivity index (χ0v) is 9.77. The molecular formula is C10H15Cl2NO. The fourth-order valence-electron chi connectivity index (χ4n) is 1.27. The Hall–Kier alpha value is -0.280. The molecule has 0 saturated carbocycles. The van der Waals surface area contributed by atoms with Crippen LogP contribution in [0.2, 0.25) is 5.02 Å². The lowest BCUT2D eigenvalue weighted by atomic mass is 9.99. The summed E-state index contributed by atoms with van der Waals surface area (Å²) in [5.74, 6) is 0. The average molecular weight is 236 g/mol. The summed E-state index contributed by atoms with van der Waals surface area (Å²) in [7, 11) is 0. The van der Waals surface area contributed by atoms with Crippen molar-refractivity contribution in [1.82, 2.24) is 0 Å². The number of aryl methyl sites for hydroxylation is 1. The van der Waals surface area contributed by atoms with Crippen molar-refractivity contribution in [3.63, 3.8) is 0 Å². The maximum atomic E-state index is 9.31. The largest absolute Gasteiger partial charge is 0.391 e. The number of hydrogen-bond donors (Lipinski definition) is 2. The van der Waals surface area contributed by atoms with Crippen LogP contribution in [0.15, 0.2) is 18.2 Å². The van der Waals surface area contributed by atoms with Gasteiger partial charge in [0.1, 0.15) is 0 Å². The molecule has 0 saturated heterocycles. The van der Waals surface area contributed by atoms with E-state index in [0.717, 1.165) is 11.1 Å². The van der Waals surface area contributed by atoms with Crippen molar-refractivity contribution in [1.29, 1.82) is 0 Å². The van der Waals surface area contributed by atoms with E-state index in [0.29, 0.717) is 5.02 Å². The molecule has 1 rings (SSSR count). The number of halogens is 2. The minimum absolute atomic E-state index is 0. The highest BCUT2D eigenvalue weighted by Crippen LogP contribution is 2.21. The third kappa shape index (κ3) is 3.14. The molecule has 0 heterocycles. The van der Waals surface area contributed by atoms with Gasteiger partial charge in [-0.2, -0.15) is 0 Å². The van der Waals surface area contributed by atoms with Gasteiger partial charge < -0.3 is 10.8 Å². The van der Waals surface area contributed by atoms with E-state index in [-0.39, 0.29) is 18.4 Å². The number of hydrogen-bond acceptors (Lipinski definition) is 2. The van der Waals surface area contributed by atoms with Crippen molar-refractivity contribution in [3.05, 3.63) is 34.3 Å². The van der Waals surface area contributed by atoms with Crippen LogP contribution >= 0.6 is 24.0 Å². The van der Waals surface area contributed by atoms with Crippen molar-refractivity contribution >= 4 is 24.0 Å². The summed E-state index contributed by atoms with van der Waals surface area (Å²) >= 11 is 5.80. The zero-order chi connectivity index (χ0) is 10.0. The molecule has 1 aromatic carbocycles. The van der Waals surface area contributed by atoms with Gasteiger partial charge in [0, 0.05) is 5.02 Å². The zero-order valence-electron chi connectivity index (χ0n) is 8.20. The number of nitrogens with two attached hydrogens (primary N) is 1. The summed E-state index contributed by atoms with van der Waals surface area (Å²) in [6.07, 6.45) is -0.542. The van der Waals surface area contributed by atoms with E-state index in [4.69, 9.17) is 17.3 Å². The first-order valence-electron chi connectivity index (χ1n) is 4.22. The van der Waals surface area contributed by atoms with Crippen LogP contribution < -0.4 is 5.73 Å². The van der Waals surface area contributed by atoms with Gasteiger partial charge in [-0.3, -0.25) is 0 Å². The average Bonchev–Trinajstić information content (AvgIpc) is 2.03. The van der Waals surface area contributed by atoms with Gasteiger partial charge in [-0.1, -0.05) is 17.7 Å². The molecule has 2 atom stereocenters. The second kappa shape index (κ2) is 5.56. The fraction of sp³-hybridized carbons (Fsp3) is 0.400. The predicted molar refractivity (Wildman–Crippen MR) is 62.0 cm³/mol. The fourth-order valence-corrected chi connectivity index (χ4v) is 1.50. The Morgan fingerprint density at radius 1 is 1.43 bits per heavy atom. The van der Waals surface area contributed by atoms with Crippen molar-refractivity contribution in [2.45, 2.75) is 26.0 Å². The second-order valence-electron chi connectivity index (χ2n) is 3.27. The van der Waals surface area contributed by atoms with Crippen LogP contribution in [0.1, 0.15) is 24.1 Å². The number of aliphatic hydroxyl groups is 1. The van der Waals surface area contributed by atoms with E-state index in [1.165, 1.54) is 0 Å². The molecule has 0 aliphatic rings. The molecule has 0 aliphatic heterocycles. The van der Waals surface area contributed by atoms with E-state index in [1.54, 1.807) is 13.0 Å². The third-order valence-corrected chi connectivity index (χ3v) is 2.35. The van der Waals surface area contributed by atoms with Gasteiger partial charge in [0.2, 0.25) is 0 Å². The molecule has 0 aliphatic carbocycles. The number of rotatable bonds is 2. The Morgan fingerprint density at radius 2 is 2.00 bits per heavy atom. The molecular weight excluding hydrogens is 221 g/mol. The summed E-state index contributed by atoms with van der Waals surface area (Å²) in [5.41, 5.74) is 7.75. The van der Waals surface area contributed by atoms with Crippen molar-refractivity contribution in [3.8, 4) is 0 Å². The van der Waals surface area contributed by atoms with Crippen LogP contribution in [0, 0.1) is 6.92 Å².